The van der Waals surface area contributed by atoms with Crippen LogP contribution in [0.2, 0.25) is 0 Å². The van der Waals surface area contributed by atoms with Crippen LogP contribution in [0.25, 0.3) is 5.69 Å². The molecule has 4 rings (SSSR count). The first-order valence-electron chi connectivity index (χ1n) is 8.07. The molecule has 1 aliphatic rings. The molecule has 0 aliphatic carbocycles. The van der Waals surface area contributed by atoms with Gasteiger partial charge in [-0.05, 0) is 29.8 Å². The number of carbonyl (C=O) groups excluding carboxylic acids is 1. The van der Waals surface area contributed by atoms with Crippen LogP contribution in [-0.2, 0) is 17.6 Å². The molecule has 3 aromatic rings. The Morgan fingerprint density at radius 2 is 2.16 bits per heavy atom. The minimum Gasteiger partial charge on any atom is -0.491 e. The smallest absolute Gasteiger partial charge is 0.356 e. The van der Waals surface area contributed by atoms with E-state index in [0.29, 0.717) is 25.1 Å². The number of fused-ring (bicyclic) bond motifs is 1. The molecule has 0 spiro atoms. The lowest BCUT2D eigenvalue weighted by atomic mass is 10.0. The highest BCUT2D eigenvalue weighted by molar-refractivity contribution is 5.87. The lowest BCUT2D eigenvalue weighted by Gasteiger charge is -2.10. The highest BCUT2D eigenvalue weighted by Crippen LogP contribution is 2.31. The van der Waals surface area contributed by atoms with Gasteiger partial charge in [0.15, 0.2) is 0 Å². The Morgan fingerprint density at radius 1 is 1.32 bits per heavy atom. The molecule has 0 saturated carbocycles. The molecule has 1 aromatic carbocycles. The molecule has 0 fully saturated rings. The molecule has 25 heavy (non-hydrogen) atoms. The number of aromatic nitrogens is 3. The van der Waals surface area contributed by atoms with E-state index in [1.165, 1.54) is 7.11 Å². The quantitative estimate of drug-likeness (QED) is 0.686. The zero-order chi connectivity index (χ0) is 17.2. The van der Waals surface area contributed by atoms with Gasteiger partial charge in [0.1, 0.15) is 11.4 Å². The lowest BCUT2D eigenvalue weighted by molar-refractivity contribution is 0.0593. The summed E-state index contributed by atoms with van der Waals surface area (Å²) in [5.74, 6) is 0.369. The van der Waals surface area contributed by atoms with Gasteiger partial charge in [0.25, 0.3) is 0 Å². The monoisotopic (exact) mass is 335 g/mol. The molecule has 0 radical (unpaired) electrons. The number of carbonyl (C=O) groups is 1. The number of ether oxygens (including phenoxy) is 2. The first-order chi connectivity index (χ1) is 12.2. The van der Waals surface area contributed by atoms with E-state index >= 15 is 0 Å². The number of hydrogen-bond donors (Lipinski definition) is 0. The molecule has 0 unspecified atom stereocenters. The Morgan fingerprint density at radius 3 is 2.88 bits per heavy atom. The van der Waals surface area contributed by atoms with Gasteiger partial charge in [0.05, 0.1) is 25.1 Å². The van der Waals surface area contributed by atoms with E-state index in [9.17, 15) is 4.79 Å². The van der Waals surface area contributed by atoms with Crippen LogP contribution in [0.15, 0.2) is 48.8 Å². The van der Waals surface area contributed by atoms with E-state index in [2.05, 4.69) is 22.2 Å². The average Bonchev–Trinajstić information content (AvgIpc) is 3.33. The maximum absolute atomic E-state index is 11.9. The number of nitrogens with zero attached hydrogens (tertiary/aromatic N) is 3. The van der Waals surface area contributed by atoms with E-state index in [-0.39, 0.29) is 0 Å². The van der Waals surface area contributed by atoms with Gasteiger partial charge < -0.3 is 9.47 Å². The number of pyridine rings is 1. The summed E-state index contributed by atoms with van der Waals surface area (Å²) in [6, 6.07) is 11.8. The molecule has 0 atom stereocenters. The third-order valence-corrected chi connectivity index (χ3v) is 4.20. The number of esters is 1. The van der Waals surface area contributed by atoms with Gasteiger partial charge >= 0.3 is 5.97 Å². The molecule has 1 aliphatic heterocycles. The van der Waals surface area contributed by atoms with Crippen molar-refractivity contribution in [1.29, 1.82) is 0 Å². The largest absolute Gasteiger partial charge is 0.491 e. The fourth-order valence-electron chi connectivity index (χ4n) is 2.99. The van der Waals surface area contributed by atoms with Crippen LogP contribution in [0.4, 0.5) is 0 Å². The second kappa shape index (κ2) is 6.39. The second-order valence-corrected chi connectivity index (χ2v) is 5.83. The van der Waals surface area contributed by atoms with Crippen molar-refractivity contribution in [1.82, 2.24) is 14.8 Å². The minimum absolute atomic E-state index is 0.329. The molecule has 0 saturated heterocycles. The fraction of sp³-hybridized carbons (Fsp3) is 0.211. The molecule has 6 nitrogen and oxygen atoms in total. The fourth-order valence-corrected chi connectivity index (χ4v) is 2.99. The molecule has 3 heterocycles. The van der Waals surface area contributed by atoms with Crippen LogP contribution in [0, 0.1) is 0 Å². The van der Waals surface area contributed by atoms with Crippen LogP contribution in [0.5, 0.6) is 5.75 Å². The number of rotatable bonds is 4. The Balaban J connectivity index is 1.64. The summed E-state index contributed by atoms with van der Waals surface area (Å²) in [5, 5.41) is 4.22. The highest BCUT2D eigenvalue weighted by atomic mass is 16.5. The topological polar surface area (TPSA) is 66.2 Å². The molecule has 0 N–H and O–H groups in total. The van der Waals surface area contributed by atoms with E-state index in [0.717, 1.165) is 28.3 Å². The van der Waals surface area contributed by atoms with E-state index in [4.69, 9.17) is 9.47 Å². The first-order valence-corrected chi connectivity index (χ1v) is 8.07. The third kappa shape index (κ3) is 2.98. The van der Waals surface area contributed by atoms with Crippen molar-refractivity contribution in [3.63, 3.8) is 0 Å². The molecule has 126 valence electrons. The summed E-state index contributed by atoms with van der Waals surface area (Å²) in [7, 11) is 1.36. The van der Waals surface area contributed by atoms with Crippen LogP contribution in [0.3, 0.4) is 0 Å². The van der Waals surface area contributed by atoms with E-state index < -0.39 is 5.97 Å². The van der Waals surface area contributed by atoms with Crippen molar-refractivity contribution >= 4 is 5.97 Å². The Labute approximate surface area is 145 Å². The van der Waals surface area contributed by atoms with Crippen LogP contribution in [-0.4, -0.2) is 34.5 Å². The normalized spacial score (nSPS) is 12.5. The van der Waals surface area contributed by atoms with Crippen LogP contribution in [0.1, 0.15) is 27.3 Å². The van der Waals surface area contributed by atoms with E-state index in [1.807, 2.05) is 29.1 Å². The standard InChI is InChI=1S/C19H17N3O3/c1-24-19(23)17-12-14(18-16(21-17)7-10-25-18)11-13-3-5-15(6-4-13)22-9-2-8-20-22/h2-6,8-9,12H,7,10-11H2,1H3. The van der Waals surface area contributed by atoms with Gasteiger partial charge in [-0.2, -0.15) is 5.10 Å². The number of hydrogen-bond acceptors (Lipinski definition) is 5. The van der Waals surface area contributed by atoms with Crippen molar-refractivity contribution in [3.05, 3.63) is 71.3 Å². The summed E-state index contributed by atoms with van der Waals surface area (Å²) < 4.78 is 12.3. The Bertz CT molecular complexity index is 902. The number of benzene rings is 1. The summed E-state index contributed by atoms with van der Waals surface area (Å²) in [4.78, 5) is 16.2. The van der Waals surface area contributed by atoms with Gasteiger partial charge in [-0.1, -0.05) is 12.1 Å². The lowest BCUT2D eigenvalue weighted by Crippen LogP contribution is -2.07. The summed E-state index contributed by atoms with van der Waals surface area (Å²) in [5.41, 5.74) is 4.23. The van der Waals surface area contributed by atoms with Gasteiger partial charge in [-0.15, -0.1) is 0 Å². The SMILES string of the molecule is COC(=O)c1cc(Cc2ccc(-n3cccn3)cc2)c2c(n1)CCO2. The van der Waals surface area contributed by atoms with Gasteiger partial charge in [0.2, 0.25) is 0 Å². The van der Waals surface area contributed by atoms with Gasteiger partial charge in [-0.3, -0.25) is 0 Å². The Hall–Kier alpha value is -3.15. The van der Waals surface area contributed by atoms with Crippen molar-refractivity contribution in [3.8, 4) is 11.4 Å². The molecule has 0 amide bonds. The predicted molar refractivity (Wildman–Crippen MR) is 91.1 cm³/mol. The van der Waals surface area contributed by atoms with Crippen LogP contribution >= 0.6 is 0 Å². The summed E-state index contributed by atoms with van der Waals surface area (Å²) in [6.45, 7) is 0.595. The average molecular weight is 335 g/mol. The first kappa shape index (κ1) is 15.4. The zero-order valence-corrected chi connectivity index (χ0v) is 13.8. The molecule has 2 aromatic heterocycles. The maximum atomic E-state index is 11.9. The van der Waals surface area contributed by atoms with Gasteiger partial charge in [0, 0.05) is 30.8 Å². The van der Waals surface area contributed by atoms with Gasteiger partial charge in [-0.25, -0.2) is 14.5 Å². The van der Waals surface area contributed by atoms with Crippen molar-refractivity contribution in [2.24, 2.45) is 0 Å². The van der Waals surface area contributed by atoms with Crippen LogP contribution < -0.4 is 4.74 Å². The summed E-state index contributed by atoms with van der Waals surface area (Å²) in [6.07, 6.45) is 5.03. The third-order valence-electron chi connectivity index (χ3n) is 4.20. The number of methoxy groups -OCH3 is 1. The zero-order valence-electron chi connectivity index (χ0n) is 13.8. The van der Waals surface area contributed by atoms with Crippen molar-refractivity contribution in [2.45, 2.75) is 12.8 Å². The minimum atomic E-state index is -0.426. The van der Waals surface area contributed by atoms with Crippen molar-refractivity contribution < 1.29 is 14.3 Å². The summed E-state index contributed by atoms with van der Waals surface area (Å²) >= 11 is 0. The molecule has 0 bridgehead atoms. The molecule has 6 heteroatoms. The second-order valence-electron chi connectivity index (χ2n) is 5.83. The van der Waals surface area contributed by atoms with Crippen molar-refractivity contribution in [2.75, 3.05) is 13.7 Å². The maximum Gasteiger partial charge on any atom is 0.356 e. The molecular weight excluding hydrogens is 318 g/mol. The highest BCUT2D eigenvalue weighted by Gasteiger charge is 2.22. The predicted octanol–water partition coefficient (Wildman–Crippen LogP) is 2.58. The Kier molecular flexibility index (Phi) is 3.93. The van der Waals surface area contributed by atoms with E-state index in [1.54, 1.807) is 12.3 Å². The molecular formula is C19H17N3O3.